The zero-order valence-electron chi connectivity index (χ0n) is 13.4. The predicted octanol–water partition coefficient (Wildman–Crippen LogP) is 1.06. The molecule has 1 amide bonds. The fourth-order valence-electron chi connectivity index (χ4n) is 2.26. The van der Waals surface area contributed by atoms with Crippen molar-refractivity contribution in [2.45, 2.75) is 30.2 Å². The van der Waals surface area contributed by atoms with Gasteiger partial charge in [-0.2, -0.15) is 5.26 Å². The van der Waals surface area contributed by atoms with Gasteiger partial charge >= 0.3 is 5.97 Å². The molecule has 0 heterocycles. The zero-order valence-corrected chi connectivity index (χ0v) is 14.2. The number of hydrogen-bond donors (Lipinski definition) is 1. The molecule has 1 atom stereocenters. The zero-order chi connectivity index (χ0) is 18.0. The summed E-state index contributed by atoms with van der Waals surface area (Å²) in [6.45, 7) is 1.14. The molecule has 0 saturated heterocycles. The Labute approximate surface area is 140 Å². The molecule has 1 saturated carbocycles. The van der Waals surface area contributed by atoms with Gasteiger partial charge in [-0.05, 0) is 49.9 Å². The molecule has 0 bridgehead atoms. The summed E-state index contributed by atoms with van der Waals surface area (Å²) < 4.78 is 27.6. The van der Waals surface area contributed by atoms with E-state index < -0.39 is 33.9 Å². The molecule has 0 unspecified atom stereocenters. The van der Waals surface area contributed by atoms with Crippen molar-refractivity contribution in [1.29, 1.82) is 5.26 Å². The van der Waals surface area contributed by atoms with Crippen molar-refractivity contribution in [3.05, 3.63) is 29.8 Å². The number of nitrogens with zero attached hydrogens (tertiary/aromatic N) is 1. The minimum Gasteiger partial charge on any atom is -0.452 e. The van der Waals surface area contributed by atoms with Gasteiger partial charge < -0.3 is 10.1 Å². The van der Waals surface area contributed by atoms with Crippen LogP contribution < -0.4 is 5.32 Å². The predicted molar refractivity (Wildman–Crippen MR) is 84.7 cm³/mol. The van der Waals surface area contributed by atoms with Crippen LogP contribution in [0.4, 0.5) is 0 Å². The van der Waals surface area contributed by atoms with Gasteiger partial charge in [0.2, 0.25) is 0 Å². The number of nitrogens with one attached hydrogen (secondary N) is 1. The molecule has 24 heavy (non-hydrogen) atoms. The van der Waals surface area contributed by atoms with Crippen LogP contribution in [-0.2, 0) is 19.4 Å². The summed E-state index contributed by atoms with van der Waals surface area (Å²) >= 11 is 0. The minimum atomic E-state index is -3.34. The van der Waals surface area contributed by atoms with E-state index in [9.17, 15) is 23.3 Å². The number of esters is 1. The molecule has 0 aromatic heterocycles. The maximum atomic E-state index is 11.9. The first-order valence-corrected chi connectivity index (χ1v) is 9.24. The van der Waals surface area contributed by atoms with Crippen LogP contribution in [0.15, 0.2) is 29.2 Å². The SMILES string of the molecule is C[C@@](C#N)(NC(=O)COC(=O)c1ccc(S(C)(=O)=O)cc1)C1CC1. The molecule has 1 fully saturated rings. The Morgan fingerprint density at radius 2 is 1.92 bits per heavy atom. The van der Waals surface area contributed by atoms with E-state index in [4.69, 9.17) is 4.74 Å². The lowest BCUT2D eigenvalue weighted by Crippen LogP contribution is -2.48. The standard InChI is InChI=1S/C16H18N2O5S/c1-16(10-17,12-5-6-12)18-14(19)9-23-15(20)11-3-7-13(8-4-11)24(2,21)22/h3-4,7-8,12H,5-6,9H2,1-2H3,(H,18,19)/t16-/m0/s1. The second-order valence-electron chi connectivity index (χ2n) is 6.01. The van der Waals surface area contributed by atoms with E-state index >= 15 is 0 Å². The van der Waals surface area contributed by atoms with Crippen LogP contribution in [0.25, 0.3) is 0 Å². The van der Waals surface area contributed by atoms with Crippen LogP contribution in [0.5, 0.6) is 0 Å². The monoisotopic (exact) mass is 350 g/mol. The van der Waals surface area contributed by atoms with Gasteiger partial charge in [0.25, 0.3) is 5.91 Å². The summed E-state index contributed by atoms with van der Waals surface area (Å²) in [5.41, 5.74) is -0.805. The first kappa shape index (κ1) is 17.9. The van der Waals surface area contributed by atoms with Gasteiger partial charge in [0.15, 0.2) is 16.4 Å². The van der Waals surface area contributed by atoms with Crippen molar-refractivity contribution in [3.63, 3.8) is 0 Å². The summed E-state index contributed by atoms with van der Waals surface area (Å²) in [6.07, 6.45) is 2.84. The number of carbonyl (C=O) groups is 2. The van der Waals surface area contributed by atoms with E-state index in [1.807, 2.05) is 0 Å². The molecule has 1 N–H and O–H groups in total. The second-order valence-corrected chi connectivity index (χ2v) is 8.03. The third-order valence-electron chi connectivity index (χ3n) is 3.88. The average Bonchev–Trinajstić information content (AvgIpc) is 3.37. The highest BCUT2D eigenvalue weighted by molar-refractivity contribution is 7.90. The molecular formula is C16H18N2O5S. The minimum absolute atomic E-state index is 0.0889. The van der Waals surface area contributed by atoms with Crippen LogP contribution in [0.3, 0.4) is 0 Å². The van der Waals surface area contributed by atoms with E-state index in [1.54, 1.807) is 6.92 Å². The van der Waals surface area contributed by atoms with Crippen LogP contribution >= 0.6 is 0 Å². The molecule has 2 rings (SSSR count). The largest absolute Gasteiger partial charge is 0.452 e. The third-order valence-corrected chi connectivity index (χ3v) is 5.01. The van der Waals surface area contributed by atoms with Crippen LogP contribution in [0.2, 0.25) is 0 Å². The molecule has 1 aromatic carbocycles. The van der Waals surface area contributed by atoms with Crippen molar-refractivity contribution >= 4 is 21.7 Å². The molecular weight excluding hydrogens is 332 g/mol. The molecule has 8 heteroatoms. The lowest BCUT2D eigenvalue weighted by molar-refractivity contribution is -0.125. The maximum absolute atomic E-state index is 11.9. The van der Waals surface area contributed by atoms with E-state index in [0.717, 1.165) is 19.1 Å². The Bertz CT molecular complexity index is 791. The smallest absolute Gasteiger partial charge is 0.338 e. The molecule has 7 nitrogen and oxygen atoms in total. The maximum Gasteiger partial charge on any atom is 0.338 e. The number of benzene rings is 1. The number of ether oxygens (including phenoxy) is 1. The van der Waals surface area contributed by atoms with Gasteiger partial charge in [0.1, 0.15) is 5.54 Å². The molecule has 1 aliphatic carbocycles. The van der Waals surface area contributed by atoms with Crippen LogP contribution in [0.1, 0.15) is 30.1 Å². The number of rotatable bonds is 6. The quantitative estimate of drug-likeness (QED) is 0.767. The average molecular weight is 350 g/mol. The van der Waals surface area contributed by atoms with Crippen molar-refractivity contribution in [1.82, 2.24) is 5.32 Å². The van der Waals surface area contributed by atoms with E-state index in [1.165, 1.54) is 24.3 Å². The second kappa shape index (κ2) is 6.61. The molecule has 0 aliphatic heterocycles. The van der Waals surface area contributed by atoms with Gasteiger partial charge in [-0.15, -0.1) is 0 Å². The molecule has 1 aliphatic rings. The van der Waals surface area contributed by atoms with Gasteiger partial charge in [-0.3, -0.25) is 4.79 Å². The highest BCUT2D eigenvalue weighted by Gasteiger charge is 2.43. The Morgan fingerprint density at radius 3 is 2.38 bits per heavy atom. The lowest BCUT2D eigenvalue weighted by atomic mass is 9.98. The number of amides is 1. The number of nitriles is 1. The lowest BCUT2D eigenvalue weighted by Gasteiger charge is -2.22. The van der Waals surface area contributed by atoms with Crippen molar-refractivity contribution in [2.75, 3.05) is 12.9 Å². The fourth-order valence-corrected chi connectivity index (χ4v) is 2.89. The molecule has 0 radical (unpaired) electrons. The highest BCUT2D eigenvalue weighted by Crippen LogP contribution is 2.39. The van der Waals surface area contributed by atoms with Crippen molar-refractivity contribution in [2.24, 2.45) is 5.92 Å². The topological polar surface area (TPSA) is 113 Å². The molecule has 0 spiro atoms. The number of hydrogen-bond acceptors (Lipinski definition) is 6. The van der Waals surface area contributed by atoms with Gasteiger partial charge in [-0.25, -0.2) is 13.2 Å². The summed E-state index contributed by atoms with van der Waals surface area (Å²) in [5, 5.41) is 11.8. The van der Waals surface area contributed by atoms with Gasteiger partial charge in [0, 0.05) is 6.26 Å². The Hall–Kier alpha value is -2.40. The highest BCUT2D eigenvalue weighted by atomic mass is 32.2. The van der Waals surface area contributed by atoms with E-state index in [-0.39, 0.29) is 16.4 Å². The van der Waals surface area contributed by atoms with Crippen molar-refractivity contribution < 1.29 is 22.7 Å². The third kappa shape index (κ3) is 4.32. The van der Waals surface area contributed by atoms with E-state index in [2.05, 4.69) is 11.4 Å². The summed E-state index contributed by atoms with van der Waals surface area (Å²) in [4.78, 5) is 23.8. The summed E-state index contributed by atoms with van der Waals surface area (Å²) in [7, 11) is -3.34. The van der Waals surface area contributed by atoms with Crippen LogP contribution in [-0.4, -0.2) is 38.7 Å². The number of carbonyl (C=O) groups excluding carboxylic acids is 2. The number of sulfone groups is 1. The Balaban J connectivity index is 1.91. The normalized spacial score (nSPS) is 16.5. The van der Waals surface area contributed by atoms with Gasteiger partial charge in [0.05, 0.1) is 16.5 Å². The summed E-state index contributed by atoms with van der Waals surface area (Å²) in [5.74, 6) is -1.16. The van der Waals surface area contributed by atoms with Crippen LogP contribution in [0, 0.1) is 17.2 Å². The fraction of sp³-hybridized carbons (Fsp3) is 0.438. The first-order valence-electron chi connectivity index (χ1n) is 7.35. The van der Waals surface area contributed by atoms with Crippen molar-refractivity contribution in [3.8, 4) is 6.07 Å². The molecule has 1 aromatic rings. The summed E-state index contributed by atoms with van der Waals surface area (Å²) in [6, 6.07) is 7.32. The first-order chi connectivity index (χ1) is 11.2. The van der Waals surface area contributed by atoms with Gasteiger partial charge in [-0.1, -0.05) is 0 Å². The van der Waals surface area contributed by atoms with E-state index in [0.29, 0.717) is 0 Å². The Kier molecular flexibility index (Phi) is 4.94. The Morgan fingerprint density at radius 1 is 1.33 bits per heavy atom. The molecule has 128 valence electrons.